The van der Waals surface area contributed by atoms with Crippen LogP contribution in [0.25, 0.3) is 38.5 Å². The van der Waals surface area contributed by atoms with Gasteiger partial charge >= 0.3 is 0 Å². The van der Waals surface area contributed by atoms with Crippen molar-refractivity contribution in [3.05, 3.63) is 83.3 Å². The highest BCUT2D eigenvalue weighted by Crippen LogP contribution is 2.33. The van der Waals surface area contributed by atoms with Crippen molar-refractivity contribution in [1.82, 2.24) is 9.55 Å². The molecule has 24 heavy (non-hydrogen) atoms. The third-order valence-corrected chi connectivity index (χ3v) is 4.94. The van der Waals surface area contributed by atoms with Gasteiger partial charge in [-0.05, 0) is 36.4 Å². The maximum atomic E-state index is 4.90. The predicted octanol–water partition coefficient (Wildman–Crippen LogP) is 6.09. The highest BCUT2D eigenvalue weighted by Gasteiger charge is 2.13. The van der Waals surface area contributed by atoms with E-state index in [9.17, 15) is 0 Å². The molecular formula is C21H13BrN2. The van der Waals surface area contributed by atoms with Crippen molar-refractivity contribution < 1.29 is 0 Å². The van der Waals surface area contributed by atoms with Gasteiger partial charge in [0.05, 0.1) is 16.6 Å². The lowest BCUT2D eigenvalue weighted by Gasteiger charge is -2.08. The summed E-state index contributed by atoms with van der Waals surface area (Å²) < 4.78 is 3.31. The molecule has 0 spiro atoms. The van der Waals surface area contributed by atoms with Gasteiger partial charge in [-0.25, -0.2) is 4.98 Å². The van der Waals surface area contributed by atoms with E-state index in [4.69, 9.17) is 4.98 Å². The molecule has 0 aliphatic heterocycles. The third kappa shape index (κ3) is 1.98. The summed E-state index contributed by atoms with van der Waals surface area (Å²) in [4.78, 5) is 4.90. The Hall–Kier alpha value is -2.65. The summed E-state index contributed by atoms with van der Waals surface area (Å²) in [5.74, 6) is 0.943. The van der Waals surface area contributed by atoms with Crippen LogP contribution in [0.2, 0.25) is 0 Å². The quantitative estimate of drug-likeness (QED) is 0.347. The molecule has 0 bridgehead atoms. The molecule has 0 atom stereocenters. The number of pyridine rings is 1. The van der Waals surface area contributed by atoms with Crippen molar-refractivity contribution in [3.63, 3.8) is 0 Å². The van der Waals surface area contributed by atoms with Gasteiger partial charge in [0.2, 0.25) is 0 Å². The van der Waals surface area contributed by atoms with E-state index in [0.29, 0.717) is 0 Å². The lowest BCUT2D eigenvalue weighted by atomic mass is 10.2. The summed E-state index contributed by atoms with van der Waals surface area (Å²) in [5, 5.41) is 3.64. The first-order valence-electron chi connectivity index (χ1n) is 7.86. The van der Waals surface area contributed by atoms with E-state index < -0.39 is 0 Å². The van der Waals surface area contributed by atoms with Gasteiger partial charge in [-0.1, -0.05) is 58.4 Å². The van der Waals surface area contributed by atoms with Gasteiger partial charge < -0.3 is 0 Å². The van der Waals surface area contributed by atoms with Gasteiger partial charge in [0.15, 0.2) is 0 Å². The molecule has 0 aliphatic rings. The van der Waals surface area contributed by atoms with Crippen molar-refractivity contribution in [2.45, 2.75) is 0 Å². The van der Waals surface area contributed by atoms with E-state index in [0.717, 1.165) is 26.7 Å². The third-order valence-electron chi connectivity index (χ3n) is 4.45. The molecule has 0 N–H and O–H groups in total. The van der Waals surface area contributed by atoms with E-state index in [-0.39, 0.29) is 0 Å². The second-order valence-corrected chi connectivity index (χ2v) is 6.79. The van der Waals surface area contributed by atoms with Gasteiger partial charge in [-0.15, -0.1) is 0 Å². The molecule has 114 valence electrons. The van der Waals surface area contributed by atoms with Crippen LogP contribution >= 0.6 is 15.9 Å². The number of fused-ring (bicyclic) bond motifs is 4. The normalized spacial score (nSPS) is 11.5. The van der Waals surface area contributed by atoms with Gasteiger partial charge in [0.25, 0.3) is 0 Å². The van der Waals surface area contributed by atoms with E-state index >= 15 is 0 Å². The van der Waals surface area contributed by atoms with Crippen molar-refractivity contribution in [2.75, 3.05) is 0 Å². The molecule has 2 aromatic heterocycles. The minimum Gasteiger partial charge on any atom is -0.294 e. The molecule has 0 unspecified atom stereocenters. The fourth-order valence-corrected chi connectivity index (χ4v) is 3.72. The van der Waals surface area contributed by atoms with Crippen LogP contribution in [0.5, 0.6) is 0 Å². The lowest BCUT2D eigenvalue weighted by Crippen LogP contribution is -1.97. The second kappa shape index (κ2) is 5.18. The Morgan fingerprint density at radius 3 is 2.46 bits per heavy atom. The Labute approximate surface area is 147 Å². The highest BCUT2D eigenvalue weighted by molar-refractivity contribution is 9.10. The van der Waals surface area contributed by atoms with Crippen LogP contribution in [-0.2, 0) is 0 Å². The Kier molecular flexibility index (Phi) is 2.97. The van der Waals surface area contributed by atoms with Crippen LogP contribution in [0, 0.1) is 0 Å². The lowest BCUT2D eigenvalue weighted by molar-refractivity contribution is 1.10. The zero-order valence-electron chi connectivity index (χ0n) is 12.8. The average molecular weight is 373 g/mol. The summed E-state index contributed by atoms with van der Waals surface area (Å²) in [6.07, 6.45) is 0. The fourth-order valence-electron chi connectivity index (χ4n) is 3.37. The summed E-state index contributed by atoms with van der Waals surface area (Å²) in [5.41, 5.74) is 3.35. The number of aromatic nitrogens is 2. The summed E-state index contributed by atoms with van der Waals surface area (Å²) >= 11 is 3.60. The standard InChI is InChI=1S/C21H13BrN2/c22-15-10-11-17-16-6-2-4-8-19(16)24(20(17)13-15)21-12-9-14-5-1-3-7-18(14)23-21/h1-13H. The number of para-hydroxylation sites is 2. The number of rotatable bonds is 1. The van der Waals surface area contributed by atoms with Crippen LogP contribution in [0.15, 0.2) is 83.3 Å². The molecular weight excluding hydrogens is 360 g/mol. The minimum absolute atomic E-state index is 0.943. The fraction of sp³-hybridized carbons (Fsp3) is 0. The molecule has 2 heterocycles. The molecule has 0 radical (unpaired) electrons. The number of halogens is 1. The van der Waals surface area contributed by atoms with Crippen molar-refractivity contribution >= 4 is 48.6 Å². The molecule has 0 fully saturated rings. The maximum Gasteiger partial charge on any atom is 0.138 e. The first-order chi connectivity index (χ1) is 11.8. The van der Waals surface area contributed by atoms with Gasteiger partial charge in [-0.3, -0.25) is 4.57 Å². The topological polar surface area (TPSA) is 17.8 Å². The van der Waals surface area contributed by atoms with E-state index in [1.807, 2.05) is 12.1 Å². The van der Waals surface area contributed by atoms with E-state index in [1.165, 1.54) is 16.3 Å². The molecule has 2 nitrogen and oxygen atoms in total. The molecule has 5 aromatic rings. The summed E-state index contributed by atoms with van der Waals surface area (Å²) in [6.45, 7) is 0. The van der Waals surface area contributed by atoms with Crippen LogP contribution in [0.4, 0.5) is 0 Å². The molecule has 3 heteroatoms. The smallest absolute Gasteiger partial charge is 0.138 e. The molecule has 0 saturated heterocycles. The predicted molar refractivity (Wildman–Crippen MR) is 104 cm³/mol. The number of benzene rings is 3. The minimum atomic E-state index is 0.943. The van der Waals surface area contributed by atoms with Crippen LogP contribution in [0.1, 0.15) is 0 Å². The Morgan fingerprint density at radius 2 is 1.50 bits per heavy atom. The molecule has 5 rings (SSSR count). The van der Waals surface area contributed by atoms with Gasteiger partial charge in [0, 0.05) is 20.6 Å². The second-order valence-electron chi connectivity index (χ2n) is 5.88. The first-order valence-corrected chi connectivity index (χ1v) is 8.65. The Bertz CT molecular complexity index is 1220. The zero-order valence-corrected chi connectivity index (χ0v) is 14.4. The average Bonchev–Trinajstić information content (AvgIpc) is 2.94. The van der Waals surface area contributed by atoms with Gasteiger partial charge in [0.1, 0.15) is 5.82 Å². The van der Waals surface area contributed by atoms with E-state index in [2.05, 4.69) is 87.2 Å². The number of nitrogens with zero attached hydrogens (tertiary/aromatic N) is 2. The monoisotopic (exact) mass is 372 g/mol. The number of hydrogen-bond acceptors (Lipinski definition) is 1. The molecule has 0 saturated carbocycles. The Balaban J connectivity index is 1.93. The zero-order chi connectivity index (χ0) is 16.1. The Morgan fingerprint density at radius 1 is 0.708 bits per heavy atom. The summed E-state index contributed by atoms with van der Waals surface area (Å²) in [7, 11) is 0. The van der Waals surface area contributed by atoms with Crippen molar-refractivity contribution in [2.24, 2.45) is 0 Å². The van der Waals surface area contributed by atoms with E-state index in [1.54, 1.807) is 0 Å². The highest BCUT2D eigenvalue weighted by atomic mass is 79.9. The van der Waals surface area contributed by atoms with Crippen molar-refractivity contribution in [3.8, 4) is 5.82 Å². The number of hydrogen-bond donors (Lipinski definition) is 0. The van der Waals surface area contributed by atoms with Crippen LogP contribution in [-0.4, -0.2) is 9.55 Å². The largest absolute Gasteiger partial charge is 0.294 e. The van der Waals surface area contributed by atoms with Crippen molar-refractivity contribution in [1.29, 1.82) is 0 Å². The van der Waals surface area contributed by atoms with Gasteiger partial charge in [-0.2, -0.15) is 0 Å². The maximum absolute atomic E-state index is 4.90. The summed E-state index contributed by atoms with van der Waals surface area (Å²) in [6, 6.07) is 27.4. The van der Waals surface area contributed by atoms with Crippen LogP contribution < -0.4 is 0 Å². The molecule has 3 aromatic carbocycles. The molecule has 0 amide bonds. The first kappa shape index (κ1) is 13.8. The molecule has 0 aliphatic carbocycles. The SMILES string of the molecule is Brc1ccc2c3ccccc3n(-c3ccc4ccccc4n3)c2c1. The van der Waals surface area contributed by atoms with Crippen LogP contribution in [0.3, 0.4) is 0 Å².